The van der Waals surface area contributed by atoms with E-state index in [1.165, 1.54) is 12.1 Å². The third kappa shape index (κ3) is 7.75. The van der Waals surface area contributed by atoms with Gasteiger partial charge in [-0.3, -0.25) is 9.89 Å². The Kier molecular flexibility index (Phi) is 10.5. The SMILES string of the molecule is CCNC(=NCC(C)CO)N1CCN(Cc2cccc(C(F)(F)F)c2)CC1.I. The summed E-state index contributed by atoms with van der Waals surface area (Å²) >= 11 is 0. The van der Waals surface area contributed by atoms with E-state index in [4.69, 9.17) is 5.11 Å². The second-order valence-electron chi connectivity index (χ2n) is 6.94. The van der Waals surface area contributed by atoms with Gasteiger partial charge in [0.25, 0.3) is 0 Å². The number of aliphatic imine (C=N–C) groups is 1. The van der Waals surface area contributed by atoms with Gasteiger partial charge >= 0.3 is 6.18 Å². The standard InChI is InChI=1S/C19H29F3N4O.HI/c1-3-23-18(24-12-15(2)14-27)26-9-7-25(8-10-26)13-16-5-4-6-17(11-16)19(20,21)22;/h4-6,11,15,27H,3,7-10,12-14H2,1-2H3,(H,23,24);1H. The number of hydrogen-bond acceptors (Lipinski definition) is 3. The fraction of sp³-hybridized carbons (Fsp3) is 0.632. The molecule has 1 aromatic rings. The number of alkyl halides is 3. The Balaban J connectivity index is 0.00000392. The number of piperazine rings is 1. The number of aliphatic hydroxyl groups is 1. The number of aliphatic hydroxyl groups excluding tert-OH is 1. The highest BCUT2D eigenvalue weighted by molar-refractivity contribution is 14.0. The number of nitrogens with zero attached hydrogens (tertiary/aromatic N) is 3. The first kappa shape index (κ1) is 25.0. The molecule has 0 amide bonds. The number of hydrogen-bond donors (Lipinski definition) is 2. The van der Waals surface area contributed by atoms with Crippen molar-refractivity contribution >= 4 is 29.9 Å². The lowest BCUT2D eigenvalue weighted by Gasteiger charge is -2.36. The van der Waals surface area contributed by atoms with Gasteiger partial charge in [-0.05, 0) is 24.5 Å². The molecule has 0 radical (unpaired) electrons. The zero-order valence-electron chi connectivity index (χ0n) is 16.4. The molecule has 5 nitrogen and oxygen atoms in total. The molecule has 28 heavy (non-hydrogen) atoms. The summed E-state index contributed by atoms with van der Waals surface area (Å²) in [5.74, 6) is 0.942. The molecule has 9 heteroatoms. The highest BCUT2D eigenvalue weighted by Crippen LogP contribution is 2.29. The third-order valence-corrected chi connectivity index (χ3v) is 4.53. The van der Waals surface area contributed by atoms with Gasteiger partial charge in [0.1, 0.15) is 0 Å². The topological polar surface area (TPSA) is 51.1 Å². The molecule has 160 valence electrons. The summed E-state index contributed by atoms with van der Waals surface area (Å²) in [6, 6.07) is 5.54. The van der Waals surface area contributed by atoms with E-state index in [1.807, 2.05) is 13.8 Å². The Morgan fingerprint density at radius 2 is 1.93 bits per heavy atom. The summed E-state index contributed by atoms with van der Waals surface area (Å²) in [6.07, 6.45) is -4.31. The Labute approximate surface area is 182 Å². The predicted octanol–water partition coefficient (Wildman–Crippen LogP) is 3.03. The second-order valence-corrected chi connectivity index (χ2v) is 6.94. The van der Waals surface area contributed by atoms with E-state index < -0.39 is 11.7 Å². The van der Waals surface area contributed by atoms with Crippen LogP contribution in [0.5, 0.6) is 0 Å². The molecule has 2 rings (SSSR count). The first-order valence-electron chi connectivity index (χ1n) is 9.36. The lowest BCUT2D eigenvalue weighted by Crippen LogP contribution is -2.52. The van der Waals surface area contributed by atoms with Crippen molar-refractivity contribution in [2.45, 2.75) is 26.6 Å². The normalized spacial score (nSPS) is 17.2. The van der Waals surface area contributed by atoms with Crippen LogP contribution in [0.15, 0.2) is 29.3 Å². The van der Waals surface area contributed by atoms with E-state index in [-0.39, 0.29) is 36.5 Å². The van der Waals surface area contributed by atoms with Crippen molar-refractivity contribution in [3.05, 3.63) is 35.4 Å². The van der Waals surface area contributed by atoms with Gasteiger partial charge in [-0.1, -0.05) is 25.1 Å². The lowest BCUT2D eigenvalue weighted by atomic mass is 10.1. The zero-order valence-corrected chi connectivity index (χ0v) is 18.7. The predicted molar refractivity (Wildman–Crippen MR) is 116 cm³/mol. The van der Waals surface area contributed by atoms with E-state index in [1.54, 1.807) is 6.07 Å². The van der Waals surface area contributed by atoms with Crippen LogP contribution in [-0.2, 0) is 12.7 Å². The minimum Gasteiger partial charge on any atom is -0.396 e. The van der Waals surface area contributed by atoms with Crippen LogP contribution in [0.2, 0.25) is 0 Å². The maximum atomic E-state index is 12.9. The van der Waals surface area contributed by atoms with Crippen LogP contribution in [-0.4, -0.2) is 66.7 Å². The molecule has 1 atom stereocenters. The minimum absolute atomic E-state index is 0. The van der Waals surface area contributed by atoms with Gasteiger partial charge in [-0.25, -0.2) is 0 Å². The quantitative estimate of drug-likeness (QED) is 0.348. The Bertz CT molecular complexity index is 619. The fourth-order valence-corrected chi connectivity index (χ4v) is 2.95. The van der Waals surface area contributed by atoms with E-state index in [2.05, 4.69) is 20.1 Å². The smallest absolute Gasteiger partial charge is 0.396 e. The summed E-state index contributed by atoms with van der Waals surface area (Å²) in [5, 5.41) is 12.4. The third-order valence-electron chi connectivity index (χ3n) is 4.53. The van der Waals surface area contributed by atoms with Crippen LogP contribution in [0.25, 0.3) is 0 Å². The van der Waals surface area contributed by atoms with Crippen molar-refractivity contribution < 1.29 is 18.3 Å². The van der Waals surface area contributed by atoms with Crippen LogP contribution in [0.3, 0.4) is 0 Å². The first-order chi connectivity index (χ1) is 12.8. The Morgan fingerprint density at radius 1 is 1.25 bits per heavy atom. The number of halogens is 4. The average molecular weight is 514 g/mol. The van der Waals surface area contributed by atoms with Crippen molar-refractivity contribution in [2.75, 3.05) is 45.9 Å². The molecule has 2 N–H and O–H groups in total. The maximum Gasteiger partial charge on any atom is 0.416 e. The highest BCUT2D eigenvalue weighted by atomic mass is 127. The van der Waals surface area contributed by atoms with Gasteiger partial charge in [0.2, 0.25) is 0 Å². The highest BCUT2D eigenvalue weighted by Gasteiger charge is 2.30. The number of guanidine groups is 1. The molecule has 0 spiro atoms. The maximum absolute atomic E-state index is 12.9. The van der Waals surface area contributed by atoms with Crippen LogP contribution in [0.4, 0.5) is 13.2 Å². The largest absolute Gasteiger partial charge is 0.416 e. The van der Waals surface area contributed by atoms with Crippen molar-refractivity contribution in [1.29, 1.82) is 0 Å². The number of rotatable bonds is 6. The molecular weight excluding hydrogens is 484 g/mol. The zero-order chi connectivity index (χ0) is 19.9. The molecule has 0 saturated carbocycles. The summed E-state index contributed by atoms with van der Waals surface area (Å²) in [7, 11) is 0. The summed E-state index contributed by atoms with van der Waals surface area (Å²) in [4.78, 5) is 8.91. The van der Waals surface area contributed by atoms with Crippen molar-refractivity contribution in [1.82, 2.24) is 15.1 Å². The van der Waals surface area contributed by atoms with E-state index >= 15 is 0 Å². The van der Waals surface area contributed by atoms with Gasteiger partial charge in [0.15, 0.2) is 5.96 Å². The number of nitrogens with one attached hydrogen (secondary N) is 1. The van der Waals surface area contributed by atoms with Crippen LogP contribution < -0.4 is 5.32 Å². The monoisotopic (exact) mass is 514 g/mol. The molecule has 1 unspecified atom stereocenters. The molecular formula is C19H30F3IN4O. The fourth-order valence-electron chi connectivity index (χ4n) is 2.95. The van der Waals surface area contributed by atoms with Gasteiger partial charge in [-0.2, -0.15) is 13.2 Å². The molecule has 1 saturated heterocycles. The minimum atomic E-state index is -4.31. The molecule has 1 heterocycles. The van der Waals surface area contributed by atoms with Crippen molar-refractivity contribution in [3.8, 4) is 0 Å². The van der Waals surface area contributed by atoms with Gasteiger partial charge in [-0.15, -0.1) is 24.0 Å². The molecule has 0 bridgehead atoms. The van der Waals surface area contributed by atoms with E-state index in [0.717, 1.165) is 44.7 Å². The molecule has 1 aliphatic heterocycles. The lowest BCUT2D eigenvalue weighted by molar-refractivity contribution is -0.137. The van der Waals surface area contributed by atoms with Gasteiger partial charge in [0, 0.05) is 52.4 Å². The van der Waals surface area contributed by atoms with Crippen LogP contribution in [0.1, 0.15) is 25.0 Å². The van der Waals surface area contributed by atoms with Crippen LogP contribution >= 0.6 is 24.0 Å². The summed E-state index contributed by atoms with van der Waals surface area (Å²) in [6.45, 7) is 8.93. The van der Waals surface area contributed by atoms with Crippen molar-refractivity contribution in [3.63, 3.8) is 0 Å². The Morgan fingerprint density at radius 3 is 2.50 bits per heavy atom. The summed E-state index contributed by atoms with van der Waals surface area (Å²) in [5.41, 5.74) is 0.0776. The first-order valence-corrected chi connectivity index (χ1v) is 9.36. The number of benzene rings is 1. The summed E-state index contributed by atoms with van der Waals surface area (Å²) < 4.78 is 38.6. The molecule has 1 aliphatic rings. The van der Waals surface area contributed by atoms with Gasteiger partial charge in [0.05, 0.1) is 5.56 Å². The van der Waals surface area contributed by atoms with E-state index in [9.17, 15) is 13.2 Å². The molecule has 1 fully saturated rings. The molecule has 1 aromatic carbocycles. The Hall–Kier alpha value is -1.07. The van der Waals surface area contributed by atoms with Crippen molar-refractivity contribution in [2.24, 2.45) is 10.9 Å². The second kappa shape index (κ2) is 11.8. The average Bonchev–Trinajstić information content (AvgIpc) is 2.65. The van der Waals surface area contributed by atoms with Gasteiger partial charge < -0.3 is 15.3 Å². The van der Waals surface area contributed by atoms with E-state index in [0.29, 0.717) is 18.7 Å². The molecule has 0 aliphatic carbocycles. The van der Waals surface area contributed by atoms with Crippen LogP contribution in [0, 0.1) is 5.92 Å². The molecule has 0 aromatic heterocycles.